The second-order valence-corrected chi connectivity index (χ2v) is 10.3. The number of aliphatic hydroxyl groups is 1. The third-order valence-corrected chi connectivity index (χ3v) is 6.38. The van der Waals surface area contributed by atoms with E-state index in [1.165, 1.54) is 6.07 Å². The minimum absolute atomic E-state index is 0.240. The van der Waals surface area contributed by atoms with Crippen molar-refractivity contribution in [2.45, 2.75) is 51.8 Å². The number of nitrogens with two attached hydrogens (primary N) is 1. The second kappa shape index (κ2) is 10.4. The molecule has 1 aromatic carbocycles. The van der Waals surface area contributed by atoms with Gasteiger partial charge in [-0.15, -0.1) is 0 Å². The van der Waals surface area contributed by atoms with E-state index in [1.807, 2.05) is 32.7 Å². The zero-order valence-electron chi connectivity index (χ0n) is 20.2. The Bertz CT molecular complexity index is 962. The first-order valence-corrected chi connectivity index (χ1v) is 11.5. The van der Waals surface area contributed by atoms with Crippen LogP contribution in [0.3, 0.4) is 0 Å². The highest BCUT2D eigenvalue weighted by Gasteiger charge is 2.38. The van der Waals surface area contributed by atoms with Crippen LogP contribution in [0.2, 0.25) is 0 Å². The van der Waals surface area contributed by atoms with E-state index in [0.29, 0.717) is 49.3 Å². The summed E-state index contributed by atoms with van der Waals surface area (Å²) in [6.45, 7) is 7.41. The summed E-state index contributed by atoms with van der Waals surface area (Å²) in [5.41, 5.74) is 7.53. The lowest BCUT2D eigenvalue weighted by Crippen LogP contribution is -2.56. The van der Waals surface area contributed by atoms with Gasteiger partial charge in [-0.25, -0.2) is 13.6 Å². The molecule has 0 spiro atoms. The Kier molecular flexibility index (Phi) is 7.95. The van der Waals surface area contributed by atoms with Crippen LogP contribution in [0.1, 0.15) is 45.2 Å². The SMILES string of the molecule is CN1CCC(NC(=O)N[C@H](C(=O)N2CC[C@@H](O)C2)C(C)(C)C)=C(C(N)c2ccc(F)c(F)c2)C1. The molecule has 3 atom stereocenters. The standard InChI is InChI=1S/C24H35F2N5O3/c1-24(2,3)21(22(33)31-10-7-15(32)12-31)29-23(34)28-19-8-9-30(4)13-16(19)20(27)14-5-6-17(25)18(26)11-14/h5-6,11,15,20-21,32H,7-10,12-13,27H2,1-4H3,(H2,28,29,34)/t15-,20?,21-/m1/s1. The maximum Gasteiger partial charge on any atom is 0.319 e. The number of nitrogens with one attached hydrogen (secondary N) is 2. The predicted molar refractivity (Wildman–Crippen MR) is 125 cm³/mol. The van der Waals surface area contributed by atoms with Gasteiger partial charge in [-0.05, 0) is 42.2 Å². The van der Waals surface area contributed by atoms with Crippen molar-refractivity contribution in [3.63, 3.8) is 0 Å². The highest BCUT2D eigenvalue weighted by molar-refractivity contribution is 5.88. The zero-order chi connectivity index (χ0) is 25.2. The van der Waals surface area contributed by atoms with Crippen molar-refractivity contribution in [2.75, 3.05) is 33.2 Å². The number of rotatable bonds is 5. The molecule has 0 saturated carbocycles. The molecule has 3 rings (SSSR count). The van der Waals surface area contributed by atoms with Crippen LogP contribution < -0.4 is 16.4 Å². The molecule has 1 saturated heterocycles. The average Bonchev–Trinajstić information content (AvgIpc) is 3.20. The minimum Gasteiger partial charge on any atom is -0.391 e. The normalized spacial score (nSPS) is 21.4. The third-order valence-electron chi connectivity index (χ3n) is 6.38. The molecule has 3 amide bonds. The lowest BCUT2D eigenvalue weighted by atomic mass is 9.86. The maximum absolute atomic E-state index is 13.8. The summed E-state index contributed by atoms with van der Waals surface area (Å²) in [5, 5.41) is 15.5. The van der Waals surface area contributed by atoms with Crippen LogP contribution in [-0.2, 0) is 4.79 Å². The fraction of sp³-hybridized carbons (Fsp3) is 0.583. The molecule has 10 heteroatoms. The molecule has 1 aromatic rings. The topological polar surface area (TPSA) is 111 Å². The number of β-amino-alcohol motifs (C(OH)–C–C–N with tert-alkyl or cyclic N) is 1. The van der Waals surface area contributed by atoms with Gasteiger partial charge in [0, 0.05) is 38.3 Å². The van der Waals surface area contributed by atoms with Crippen molar-refractivity contribution >= 4 is 11.9 Å². The number of halogens is 2. The van der Waals surface area contributed by atoms with E-state index >= 15 is 0 Å². The van der Waals surface area contributed by atoms with Crippen molar-refractivity contribution in [3.8, 4) is 0 Å². The number of amides is 3. The Balaban J connectivity index is 1.80. The van der Waals surface area contributed by atoms with Crippen LogP contribution in [0.25, 0.3) is 0 Å². The lowest BCUT2D eigenvalue weighted by molar-refractivity contribution is -0.135. The summed E-state index contributed by atoms with van der Waals surface area (Å²) in [7, 11) is 1.91. The summed E-state index contributed by atoms with van der Waals surface area (Å²) in [4.78, 5) is 29.7. The Morgan fingerprint density at radius 1 is 1.21 bits per heavy atom. The predicted octanol–water partition coefficient (Wildman–Crippen LogP) is 1.86. The van der Waals surface area contributed by atoms with Gasteiger partial charge >= 0.3 is 6.03 Å². The number of carbonyl (C=O) groups is 2. The van der Waals surface area contributed by atoms with E-state index in [2.05, 4.69) is 10.6 Å². The van der Waals surface area contributed by atoms with E-state index in [-0.39, 0.29) is 12.5 Å². The van der Waals surface area contributed by atoms with Gasteiger partial charge in [-0.1, -0.05) is 26.8 Å². The lowest BCUT2D eigenvalue weighted by Gasteiger charge is -2.34. The number of urea groups is 1. The van der Waals surface area contributed by atoms with E-state index in [9.17, 15) is 23.5 Å². The van der Waals surface area contributed by atoms with Crippen molar-refractivity contribution in [1.29, 1.82) is 0 Å². The van der Waals surface area contributed by atoms with Crippen LogP contribution in [0.15, 0.2) is 29.5 Å². The number of hydrogen-bond acceptors (Lipinski definition) is 5. The first-order valence-electron chi connectivity index (χ1n) is 11.5. The summed E-state index contributed by atoms with van der Waals surface area (Å²) >= 11 is 0. The zero-order valence-corrected chi connectivity index (χ0v) is 20.2. The number of benzene rings is 1. The summed E-state index contributed by atoms with van der Waals surface area (Å²) in [6.07, 6.45) is 0.465. The fourth-order valence-corrected chi connectivity index (χ4v) is 4.34. The Labute approximate surface area is 199 Å². The Hall–Kier alpha value is -2.56. The van der Waals surface area contributed by atoms with Crippen LogP contribution in [0.5, 0.6) is 0 Å². The molecule has 1 fully saturated rings. The second-order valence-electron chi connectivity index (χ2n) is 10.3. The molecule has 188 valence electrons. The summed E-state index contributed by atoms with van der Waals surface area (Å²) < 4.78 is 27.2. The van der Waals surface area contributed by atoms with E-state index in [0.717, 1.165) is 12.1 Å². The van der Waals surface area contributed by atoms with Gasteiger partial charge < -0.3 is 31.3 Å². The van der Waals surface area contributed by atoms with Gasteiger partial charge in [-0.2, -0.15) is 0 Å². The molecule has 5 N–H and O–H groups in total. The molecule has 1 unspecified atom stereocenters. The molecule has 0 aromatic heterocycles. The number of hydrogen-bond donors (Lipinski definition) is 4. The largest absolute Gasteiger partial charge is 0.391 e. The van der Waals surface area contributed by atoms with Crippen molar-refractivity contribution < 1.29 is 23.5 Å². The van der Waals surface area contributed by atoms with Crippen LogP contribution in [0, 0.1) is 17.0 Å². The molecular weight excluding hydrogens is 444 g/mol. The van der Waals surface area contributed by atoms with Gasteiger partial charge in [0.2, 0.25) is 5.91 Å². The van der Waals surface area contributed by atoms with Crippen molar-refractivity contribution in [1.82, 2.24) is 20.4 Å². The molecular formula is C24H35F2N5O3. The molecule has 8 nitrogen and oxygen atoms in total. The molecule has 0 aliphatic carbocycles. The van der Waals surface area contributed by atoms with Gasteiger partial charge in [0.25, 0.3) is 0 Å². The first-order chi connectivity index (χ1) is 15.9. The van der Waals surface area contributed by atoms with Crippen molar-refractivity contribution in [2.24, 2.45) is 11.1 Å². The maximum atomic E-state index is 13.8. The monoisotopic (exact) mass is 479 g/mol. The fourth-order valence-electron chi connectivity index (χ4n) is 4.34. The highest BCUT2D eigenvalue weighted by atomic mass is 19.2. The number of likely N-dealkylation sites (N-methyl/N-ethyl adjacent to an activating group) is 1. The molecule has 2 heterocycles. The third kappa shape index (κ3) is 6.11. The average molecular weight is 480 g/mol. The first kappa shape index (κ1) is 26.1. The van der Waals surface area contributed by atoms with Crippen LogP contribution in [-0.4, -0.2) is 72.2 Å². The van der Waals surface area contributed by atoms with Gasteiger partial charge in [0.05, 0.1) is 12.1 Å². The van der Waals surface area contributed by atoms with Crippen LogP contribution >= 0.6 is 0 Å². The smallest absolute Gasteiger partial charge is 0.319 e. The quantitative estimate of drug-likeness (QED) is 0.515. The summed E-state index contributed by atoms with van der Waals surface area (Å²) in [5.74, 6) is -2.18. The number of aliphatic hydroxyl groups excluding tert-OH is 1. The van der Waals surface area contributed by atoms with Gasteiger partial charge in [0.1, 0.15) is 6.04 Å². The molecule has 0 radical (unpaired) electrons. The number of nitrogens with zero attached hydrogens (tertiary/aromatic N) is 2. The molecule has 2 aliphatic rings. The summed E-state index contributed by atoms with van der Waals surface area (Å²) in [6, 6.07) is 1.46. The molecule has 0 bridgehead atoms. The molecule has 2 aliphatic heterocycles. The van der Waals surface area contributed by atoms with E-state index in [4.69, 9.17) is 5.73 Å². The number of likely N-dealkylation sites (tertiary alicyclic amines) is 1. The number of carbonyl (C=O) groups excluding carboxylic acids is 2. The molecule has 34 heavy (non-hydrogen) atoms. The van der Waals surface area contributed by atoms with E-state index in [1.54, 1.807) is 4.90 Å². The Morgan fingerprint density at radius 3 is 2.50 bits per heavy atom. The van der Waals surface area contributed by atoms with Gasteiger partial charge in [0.15, 0.2) is 11.6 Å². The van der Waals surface area contributed by atoms with E-state index < -0.39 is 41.3 Å². The Morgan fingerprint density at radius 2 is 1.91 bits per heavy atom. The minimum atomic E-state index is -0.983. The van der Waals surface area contributed by atoms with Crippen molar-refractivity contribution in [3.05, 3.63) is 46.7 Å². The highest BCUT2D eigenvalue weighted by Crippen LogP contribution is 2.28. The van der Waals surface area contributed by atoms with Gasteiger partial charge in [-0.3, -0.25) is 4.79 Å². The van der Waals surface area contributed by atoms with Crippen LogP contribution in [0.4, 0.5) is 13.6 Å².